The number of benzene rings is 2. The van der Waals surface area contributed by atoms with Crippen LogP contribution in [0.15, 0.2) is 48.5 Å². The monoisotopic (exact) mass is 298 g/mol. The van der Waals surface area contributed by atoms with Crippen molar-refractivity contribution in [2.75, 3.05) is 19.0 Å². The Kier molecular flexibility index (Phi) is 5.93. The van der Waals surface area contributed by atoms with E-state index < -0.39 is 0 Å². The van der Waals surface area contributed by atoms with Crippen molar-refractivity contribution in [1.29, 1.82) is 5.26 Å². The van der Waals surface area contributed by atoms with Crippen LogP contribution in [-0.4, -0.2) is 13.7 Å². The van der Waals surface area contributed by atoms with Gasteiger partial charge in [0.05, 0.1) is 17.7 Å². The number of halogens is 1. The molecule has 4 heteroatoms. The molecule has 0 amide bonds. The van der Waals surface area contributed by atoms with Gasteiger partial charge in [-0.15, -0.1) is 0 Å². The zero-order chi connectivity index (χ0) is 15.8. The second-order valence-corrected chi connectivity index (χ2v) is 5.08. The van der Waals surface area contributed by atoms with Gasteiger partial charge < -0.3 is 10.1 Å². The minimum absolute atomic E-state index is 0.0460. The van der Waals surface area contributed by atoms with Gasteiger partial charge in [0.25, 0.3) is 0 Å². The first-order chi connectivity index (χ1) is 10.7. The van der Waals surface area contributed by atoms with Gasteiger partial charge in [-0.05, 0) is 48.7 Å². The molecule has 1 atom stereocenters. The summed E-state index contributed by atoms with van der Waals surface area (Å²) in [6.07, 6.45) is 1.75. The molecule has 0 aromatic heterocycles. The highest BCUT2D eigenvalue weighted by Crippen LogP contribution is 2.24. The number of hydrogen-bond acceptors (Lipinski definition) is 3. The second kappa shape index (κ2) is 8.16. The molecule has 114 valence electrons. The third kappa shape index (κ3) is 4.57. The predicted molar refractivity (Wildman–Crippen MR) is 85.0 cm³/mol. The Hall–Kier alpha value is -2.38. The third-order valence-corrected chi connectivity index (χ3v) is 3.45. The average molecular weight is 298 g/mol. The van der Waals surface area contributed by atoms with Crippen molar-refractivity contribution in [2.45, 2.75) is 18.9 Å². The maximum atomic E-state index is 13.1. The van der Waals surface area contributed by atoms with Crippen molar-refractivity contribution < 1.29 is 9.13 Å². The highest BCUT2D eigenvalue weighted by atomic mass is 19.1. The van der Waals surface area contributed by atoms with Crippen molar-refractivity contribution in [3.63, 3.8) is 0 Å². The topological polar surface area (TPSA) is 45.0 Å². The van der Waals surface area contributed by atoms with Gasteiger partial charge >= 0.3 is 0 Å². The van der Waals surface area contributed by atoms with Crippen LogP contribution in [0.3, 0.4) is 0 Å². The Labute approximate surface area is 130 Å². The summed E-state index contributed by atoms with van der Waals surface area (Å²) in [6, 6.07) is 16.0. The number of rotatable bonds is 7. The average Bonchev–Trinajstić information content (AvgIpc) is 2.55. The molecular weight excluding hydrogens is 279 g/mol. The minimum atomic E-state index is -0.245. The Balaban J connectivity index is 2.16. The highest BCUT2D eigenvalue weighted by molar-refractivity contribution is 5.50. The van der Waals surface area contributed by atoms with E-state index in [0.717, 1.165) is 24.1 Å². The van der Waals surface area contributed by atoms with Gasteiger partial charge in [0.1, 0.15) is 5.82 Å². The molecule has 0 aliphatic heterocycles. The molecule has 0 bridgehead atoms. The molecular formula is C18H19FN2O. The van der Waals surface area contributed by atoms with Gasteiger partial charge in [-0.25, -0.2) is 4.39 Å². The fraction of sp³-hybridized carbons (Fsp3) is 0.278. The van der Waals surface area contributed by atoms with Crippen molar-refractivity contribution in [1.82, 2.24) is 0 Å². The Bertz CT molecular complexity index is 634. The van der Waals surface area contributed by atoms with E-state index >= 15 is 0 Å². The zero-order valence-electron chi connectivity index (χ0n) is 12.6. The van der Waals surface area contributed by atoms with E-state index in [1.54, 1.807) is 25.3 Å². The van der Waals surface area contributed by atoms with E-state index in [1.807, 2.05) is 18.2 Å². The molecule has 0 spiro atoms. The zero-order valence-corrected chi connectivity index (χ0v) is 12.6. The number of nitriles is 1. The first-order valence-electron chi connectivity index (χ1n) is 7.24. The summed E-state index contributed by atoms with van der Waals surface area (Å²) < 4.78 is 18.2. The summed E-state index contributed by atoms with van der Waals surface area (Å²) in [6.45, 7) is 0.678. The van der Waals surface area contributed by atoms with Crippen LogP contribution in [0, 0.1) is 17.1 Å². The summed E-state index contributed by atoms with van der Waals surface area (Å²) in [5.74, 6) is -0.245. The molecule has 0 aliphatic carbocycles. The van der Waals surface area contributed by atoms with Crippen LogP contribution in [0.5, 0.6) is 0 Å². The molecule has 2 aromatic carbocycles. The molecule has 0 fully saturated rings. The predicted octanol–water partition coefficient (Wildman–Crippen LogP) is 4.28. The van der Waals surface area contributed by atoms with Crippen LogP contribution in [0.2, 0.25) is 0 Å². The maximum Gasteiger partial charge on any atom is 0.123 e. The van der Waals surface area contributed by atoms with Crippen LogP contribution in [-0.2, 0) is 4.74 Å². The molecule has 2 aromatic rings. The fourth-order valence-electron chi connectivity index (χ4n) is 2.33. The van der Waals surface area contributed by atoms with Gasteiger partial charge in [-0.2, -0.15) is 5.26 Å². The molecule has 22 heavy (non-hydrogen) atoms. The lowest BCUT2D eigenvalue weighted by atomic mass is 10.0. The lowest BCUT2D eigenvalue weighted by Crippen LogP contribution is -2.12. The standard InChI is InChI=1S/C18H19FN2O/c1-22-11-3-6-18(15-7-9-16(19)10-8-15)21-17-5-2-4-14(12-17)13-20/h2,4-5,7-10,12,18,21H,3,6,11H2,1H3/t18-/m0/s1. The van der Waals surface area contributed by atoms with E-state index in [-0.39, 0.29) is 11.9 Å². The quantitative estimate of drug-likeness (QED) is 0.776. The molecule has 0 heterocycles. The largest absolute Gasteiger partial charge is 0.385 e. The maximum absolute atomic E-state index is 13.1. The summed E-state index contributed by atoms with van der Waals surface area (Å²) in [5.41, 5.74) is 2.51. The summed E-state index contributed by atoms with van der Waals surface area (Å²) >= 11 is 0. The van der Waals surface area contributed by atoms with Crippen molar-refractivity contribution in [3.8, 4) is 6.07 Å². The van der Waals surface area contributed by atoms with Crippen LogP contribution in [0.1, 0.15) is 30.0 Å². The number of methoxy groups -OCH3 is 1. The Morgan fingerprint density at radius 3 is 2.68 bits per heavy atom. The van der Waals surface area contributed by atoms with Gasteiger partial charge in [0, 0.05) is 19.4 Å². The van der Waals surface area contributed by atoms with Crippen LogP contribution in [0.25, 0.3) is 0 Å². The van der Waals surface area contributed by atoms with E-state index in [0.29, 0.717) is 12.2 Å². The number of nitrogens with one attached hydrogen (secondary N) is 1. The molecule has 2 rings (SSSR count). The fourth-order valence-corrected chi connectivity index (χ4v) is 2.33. The summed E-state index contributed by atoms with van der Waals surface area (Å²) in [4.78, 5) is 0. The molecule has 1 N–H and O–H groups in total. The molecule has 0 saturated carbocycles. The van der Waals surface area contributed by atoms with Crippen molar-refractivity contribution in [3.05, 3.63) is 65.5 Å². The number of anilines is 1. The summed E-state index contributed by atoms with van der Waals surface area (Å²) in [5, 5.41) is 12.4. The normalized spacial score (nSPS) is 11.7. The second-order valence-electron chi connectivity index (χ2n) is 5.08. The molecule has 0 saturated heterocycles. The first kappa shape index (κ1) is 16.0. The smallest absolute Gasteiger partial charge is 0.123 e. The van der Waals surface area contributed by atoms with Gasteiger partial charge in [-0.1, -0.05) is 18.2 Å². The number of ether oxygens (including phenoxy) is 1. The molecule has 3 nitrogen and oxygen atoms in total. The molecule has 0 aliphatic rings. The van der Waals surface area contributed by atoms with Crippen molar-refractivity contribution >= 4 is 5.69 Å². The molecule has 0 unspecified atom stereocenters. The number of nitrogens with zero attached hydrogens (tertiary/aromatic N) is 1. The van der Waals surface area contributed by atoms with E-state index in [2.05, 4.69) is 11.4 Å². The Morgan fingerprint density at radius 1 is 1.23 bits per heavy atom. The van der Waals surface area contributed by atoms with Crippen LogP contribution < -0.4 is 5.32 Å². The third-order valence-electron chi connectivity index (χ3n) is 3.45. The number of hydrogen-bond donors (Lipinski definition) is 1. The Morgan fingerprint density at radius 2 is 2.00 bits per heavy atom. The van der Waals surface area contributed by atoms with Gasteiger partial charge in [0.15, 0.2) is 0 Å². The minimum Gasteiger partial charge on any atom is -0.385 e. The van der Waals surface area contributed by atoms with E-state index in [1.165, 1.54) is 12.1 Å². The first-order valence-corrected chi connectivity index (χ1v) is 7.24. The lowest BCUT2D eigenvalue weighted by molar-refractivity contribution is 0.191. The van der Waals surface area contributed by atoms with Crippen molar-refractivity contribution in [2.24, 2.45) is 0 Å². The van der Waals surface area contributed by atoms with E-state index in [4.69, 9.17) is 10.00 Å². The van der Waals surface area contributed by atoms with E-state index in [9.17, 15) is 4.39 Å². The van der Waals surface area contributed by atoms with Gasteiger partial charge in [-0.3, -0.25) is 0 Å². The molecule has 0 radical (unpaired) electrons. The SMILES string of the molecule is COCCC[C@H](Nc1cccc(C#N)c1)c1ccc(F)cc1. The lowest BCUT2D eigenvalue weighted by Gasteiger charge is -2.20. The van der Waals surface area contributed by atoms with Crippen LogP contribution in [0.4, 0.5) is 10.1 Å². The van der Waals surface area contributed by atoms with Gasteiger partial charge in [0.2, 0.25) is 0 Å². The highest BCUT2D eigenvalue weighted by Gasteiger charge is 2.11. The summed E-state index contributed by atoms with van der Waals surface area (Å²) in [7, 11) is 1.68. The van der Waals surface area contributed by atoms with Crippen LogP contribution >= 0.6 is 0 Å².